The predicted octanol–water partition coefficient (Wildman–Crippen LogP) is 10.1. The topological polar surface area (TPSA) is 28.3 Å². The van der Waals surface area contributed by atoms with E-state index < -0.39 is 5.41 Å². The Hall–Kier alpha value is -8.47. The van der Waals surface area contributed by atoms with Crippen LogP contribution in [0.2, 0.25) is 0 Å². The summed E-state index contributed by atoms with van der Waals surface area (Å²) in [5.41, 5.74) is 24.5. The molecule has 12 aromatic rings. The van der Waals surface area contributed by atoms with E-state index in [4.69, 9.17) is 9.47 Å². The van der Waals surface area contributed by atoms with E-state index in [2.05, 4.69) is 203 Å². The first-order valence-corrected chi connectivity index (χ1v) is 23.5. The predicted molar refractivity (Wildman–Crippen MR) is 274 cm³/mol. The molecule has 0 unspecified atom stereocenters. The molecule has 4 nitrogen and oxygen atoms in total. The lowest BCUT2D eigenvalue weighted by atomic mass is 9.34. The monoisotopic (exact) mass is 846 g/mol. The zero-order valence-corrected chi connectivity index (χ0v) is 35.8. The van der Waals surface area contributed by atoms with Crippen molar-refractivity contribution in [1.29, 1.82) is 0 Å². The van der Waals surface area contributed by atoms with Crippen LogP contribution < -0.4 is 42.3 Å². The van der Waals surface area contributed by atoms with Crippen LogP contribution >= 0.6 is 0 Å². The van der Waals surface area contributed by atoms with Crippen molar-refractivity contribution in [3.05, 3.63) is 216 Å². The fourth-order valence-corrected chi connectivity index (χ4v) is 14.3. The minimum Gasteiger partial charge on any atom is -0.458 e. The Kier molecular flexibility index (Phi) is 5.73. The molecule has 0 radical (unpaired) electrons. The van der Waals surface area contributed by atoms with Gasteiger partial charge >= 0.3 is 0 Å². The van der Waals surface area contributed by atoms with Crippen molar-refractivity contribution < 1.29 is 9.47 Å². The summed E-state index contributed by atoms with van der Waals surface area (Å²) in [5, 5.41) is 5.13. The van der Waals surface area contributed by atoms with Crippen molar-refractivity contribution in [2.45, 2.75) is 5.41 Å². The number of hydrogen-bond acceptors (Lipinski definition) is 2. The van der Waals surface area contributed by atoms with Crippen LogP contribution in [0.4, 0.5) is 0 Å². The molecule has 0 saturated carbocycles. The summed E-state index contributed by atoms with van der Waals surface area (Å²) < 4.78 is 19.4. The van der Waals surface area contributed by atoms with Crippen LogP contribution in [-0.2, 0) is 5.41 Å². The number of hydrogen-bond donors (Lipinski definition) is 0. The summed E-state index contributed by atoms with van der Waals surface area (Å²) in [6.45, 7) is 0.0216. The Bertz CT molecular complexity index is 4100. The fourth-order valence-electron chi connectivity index (χ4n) is 14.3. The highest BCUT2D eigenvalue weighted by molar-refractivity contribution is 7.00. The molecule has 18 rings (SSSR count). The molecule has 6 heterocycles. The number of nitrogens with zero attached hydrogens (tertiary/aromatic N) is 2. The van der Waals surface area contributed by atoms with Gasteiger partial charge in [0.15, 0.2) is 0 Å². The van der Waals surface area contributed by atoms with Crippen LogP contribution in [-0.4, -0.2) is 22.6 Å². The Morgan fingerprint density at radius 2 is 0.761 bits per heavy atom. The molecule has 0 atom stereocenters. The maximum Gasteiger partial charge on any atom is 0.256 e. The lowest BCUT2D eigenvalue weighted by Gasteiger charge is -2.36. The van der Waals surface area contributed by atoms with Gasteiger partial charge in [-0.2, -0.15) is 0 Å². The number of aromatic nitrogens is 2. The Morgan fingerprint density at radius 3 is 1.27 bits per heavy atom. The minimum absolute atomic E-state index is 0.0108. The van der Waals surface area contributed by atoms with Gasteiger partial charge in [-0.25, -0.2) is 0 Å². The highest BCUT2D eigenvalue weighted by atomic mass is 16.5. The van der Waals surface area contributed by atoms with Crippen molar-refractivity contribution in [2.75, 3.05) is 0 Å². The molecule has 2 aromatic heterocycles. The number of benzene rings is 10. The fraction of sp³-hybridized carbons (Fsp3) is 0.0164. The molecule has 4 aliphatic heterocycles. The molecule has 304 valence electrons. The summed E-state index contributed by atoms with van der Waals surface area (Å²) in [6, 6.07) is 72.8. The Balaban J connectivity index is 0.904. The van der Waals surface area contributed by atoms with Crippen molar-refractivity contribution in [3.63, 3.8) is 0 Å². The molecule has 0 bridgehead atoms. The Labute approximate surface area is 385 Å². The van der Waals surface area contributed by atoms with Gasteiger partial charge in [0.25, 0.3) is 13.4 Å². The molecule has 67 heavy (non-hydrogen) atoms. The standard InChI is InChI=1S/C61H32B2N2O2/c1-5-19-41-33(13-1)39-29-47-55(66-53-27-11-25-51-57(53)62(47)45-21-9-17-37-35-15-3-7-23-49(35)64(51)59(37)45)31-43(39)61(41)42-20-6-2-14-34(42)40-30-48-56(32-44(40)61)67-54-28-12-26-52-58(54)63(48)46-22-10-18-38-36-16-4-8-24-50(36)65(52)60(38)46/h1-32H. The number of rotatable bonds is 0. The van der Waals surface area contributed by atoms with Gasteiger partial charge in [0, 0.05) is 44.0 Å². The molecule has 10 aromatic carbocycles. The van der Waals surface area contributed by atoms with E-state index in [0.29, 0.717) is 0 Å². The maximum atomic E-state index is 7.24. The van der Waals surface area contributed by atoms with E-state index in [0.717, 1.165) is 23.0 Å². The minimum atomic E-state index is -0.600. The molecule has 2 aliphatic carbocycles. The van der Waals surface area contributed by atoms with Crippen LogP contribution in [0.1, 0.15) is 22.3 Å². The second-order valence-electron chi connectivity index (χ2n) is 19.4. The lowest BCUT2D eigenvalue weighted by Crippen LogP contribution is -2.58. The number of ether oxygens (including phenoxy) is 2. The average molecular weight is 847 g/mol. The van der Waals surface area contributed by atoms with Crippen LogP contribution in [0.5, 0.6) is 23.0 Å². The normalized spacial score (nSPS) is 14.9. The van der Waals surface area contributed by atoms with Gasteiger partial charge in [-0.1, -0.05) is 146 Å². The lowest BCUT2D eigenvalue weighted by molar-refractivity contribution is 0.485. The second kappa shape index (κ2) is 11.3. The summed E-state index contributed by atoms with van der Waals surface area (Å²) in [4.78, 5) is 0. The van der Waals surface area contributed by atoms with Gasteiger partial charge < -0.3 is 18.6 Å². The van der Waals surface area contributed by atoms with E-state index in [1.54, 1.807) is 0 Å². The van der Waals surface area contributed by atoms with Crippen LogP contribution in [0, 0.1) is 0 Å². The smallest absolute Gasteiger partial charge is 0.256 e. The number of fused-ring (bicyclic) bond motifs is 24. The van der Waals surface area contributed by atoms with Crippen LogP contribution in [0.3, 0.4) is 0 Å². The highest BCUT2D eigenvalue weighted by Gasteiger charge is 2.54. The van der Waals surface area contributed by atoms with Crippen molar-refractivity contribution in [1.82, 2.24) is 9.13 Å². The van der Waals surface area contributed by atoms with Gasteiger partial charge in [0.1, 0.15) is 23.0 Å². The van der Waals surface area contributed by atoms with Gasteiger partial charge in [0.05, 0.1) is 16.4 Å². The van der Waals surface area contributed by atoms with Gasteiger partial charge in [-0.3, -0.25) is 0 Å². The van der Waals surface area contributed by atoms with Gasteiger partial charge in [-0.05, 0) is 126 Å². The summed E-state index contributed by atoms with van der Waals surface area (Å²) >= 11 is 0. The van der Waals surface area contributed by atoms with Crippen molar-refractivity contribution in [3.8, 4) is 56.6 Å². The molecule has 0 fully saturated rings. The molecular weight excluding hydrogens is 814 g/mol. The van der Waals surface area contributed by atoms with E-state index in [-0.39, 0.29) is 13.4 Å². The van der Waals surface area contributed by atoms with Gasteiger partial charge in [0.2, 0.25) is 0 Å². The van der Waals surface area contributed by atoms with Crippen LogP contribution in [0.15, 0.2) is 194 Å². The zero-order chi connectivity index (χ0) is 43.0. The first-order valence-electron chi connectivity index (χ1n) is 23.5. The third kappa shape index (κ3) is 3.68. The first kappa shape index (κ1) is 34.0. The van der Waals surface area contributed by atoms with E-state index in [1.807, 2.05) is 0 Å². The Morgan fingerprint density at radius 1 is 0.328 bits per heavy atom. The zero-order valence-electron chi connectivity index (χ0n) is 35.8. The summed E-state index contributed by atoms with van der Waals surface area (Å²) in [6.07, 6.45) is 0. The largest absolute Gasteiger partial charge is 0.458 e. The summed E-state index contributed by atoms with van der Waals surface area (Å²) in [5.74, 6) is 3.70. The third-order valence-electron chi connectivity index (χ3n) is 16.6. The molecule has 0 N–H and O–H groups in total. The number of para-hydroxylation sites is 4. The highest BCUT2D eigenvalue weighted by Crippen LogP contribution is 2.64. The third-order valence-corrected chi connectivity index (χ3v) is 16.6. The van der Waals surface area contributed by atoms with Crippen molar-refractivity contribution >= 4 is 89.8 Å². The average Bonchev–Trinajstić information content (AvgIpc) is 4.08. The molecule has 0 saturated heterocycles. The molecular formula is C61H32B2N2O2. The van der Waals surface area contributed by atoms with Crippen molar-refractivity contribution in [2.24, 2.45) is 0 Å². The first-order chi connectivity index (χ1) is 33.3. The van der Waals surface area contributed by atoms with Crippen LogP contribution in [0.25, 0.3) is 77.2 Å². The SMILES string of the molecule is c1ccc2c(c1)-c1cc3c(cc1C21c2ccccc2-c2cc4c(cc21)Oc1cccc2c1B4c1cccc4c5ccccc5n-2c14)Oc1cccc2c1B3c1cccc3c4ccccc4n-2c13. The summed E-state index contributed by atoms with van der Waals surface area (Å²) in [7, 11) is 0. The second-order valence-corrected chi connectivity index (χ2v) is 19.4. The molecule has 1 spiro atoms. The van der Waals surface area contributed by atoms with E-state index in [9.17, 15) is 0 Å². The quantitative estimate of drug-likeness (QED) is 0.142. The maximum absolute atomic E-state index is 7.24. The van der Waals surface area contributed by atoms with E-state index >= 15 is 0 Å². The van der Waals surface area contributed by atoms with E-state index in [1.165, 1.54) is 132 Å². The van der Waals surface area contributed by atoms with Gasteiger partial charge in [-0.15, -0.1) is 0 Å². The molecule has 6 heteroatoms. The molecule has 0 amide bonds. The molecule has 6 aliphatic rings.